The van der Waals surface area contributed by atoms with Crippen molar-refractivity contribution in [2.45, 2.75) is 57.5 Å². The summed E-state index contributed by atoms with van der Waals surface area (Å²) in [7, 11) is 0. The molecule has 4 rings (SSSR count). The van der Waals surface area contributed by atoms with Gasteiger partial charge >= 0.3 is 0 Å². The fourth-order valence-corrected chi connectivity index (χ4v) is 6.35. The highest BCUT2D eigenvalue weighted by Gasteiger charge is 2.56. The molecule has 2 fully saturated rings. The van der Waals surface area contributed by atoms with Gasteiger partial charge in [0, 0.05) is 0 Å². The lowest BCUT2D eigenvalue weighted by molar-refractivity contribution is 0.0158. The van der Waals surface area contributed by atoms with E-state index in [2.05, 4.69) is 25.6 Å². The van der Waals surface area contributed by atoms with Crippen molar-refractivity contribution >= 4 is 0 Å². The van der Waals surface area contributed by atoms with Crippen molar-refractivity contribution in [3.8, 4) is 5.75 Å². The highest BCUT2D eigenvalue weighted by molar-refractivity contribution is 5.41. The van der Waals surface area contributed by atoms with Crippen molar-refractivity contribution in [3.05, 3.63) is 42.0 Å². The average Bonchev–Trinajstić information content (AvgIpc) is 2.90. The molecule has 0 heterocycles. The second kappa shape index (κ2) is 5.37. The van der Waals surface area contributed by atoms with E-state index in [1.165, 1.54) is 24.0 Å². The molecule has 0 unspecified atom stereocenters. The molecule has 0 aliphatic heterocycles. The maximum Gasteiger partial charge on any atom is 0.115 e. The molecule has 3 aliphatic carbocycles. The maximum absolute atomic E-state index is 10.4. The van der Waals surface area contributed by atoms with Crippen molar-refractivity contribution < 1.29 is 10.2 Å². The first-order valence-electron chi connectivity index (χ1n) is 9.20. The second-order valence-corrected chi connectivity index (χ2v) is 8.13. The monoisotopic (exact) mass is 312 g/mol. The summed E-state index contributed by atoms with van der Waals surface area (Å²) in [6.07, 6.45) is 8.58. The Bertz CT molecular complexity index is 622. The number of hydrogen-bond acceptors (Lipinski definition) is 2. The lowest BCUT2D eigenvalue weighted by Crippen LogP contribution is -2.44. The zero-order valence-electron chi connectivity index (χ0n) is 14.0. The largest absolute Gasteiger partial charge is 0.508 e. The van der Waals surface area contributed by atoms with E-state index in [0.29, 0.717) is 34.8 Å². The zero-order chi connectivity index (χ0) is 16.2. The van der Waals surface area contributed by atoms with Crippen molar-refractivity contribution in [2.24, 2.45) is 23.2 Å². The molecular weight excluding hydrogens is 284 g/mol. The summed E-state index contributed by atoms with van der Waals surface area (Å²) in [5.74, 6) is 2.69. The predicted molar refractivity (Wildman–Crippen MR) is 92.4 cm³/mol. The highest BCUT2D eigenvalue weighted by Crippen LogP contribution is 2.64. The molecule has 3 aliphatic rings. The number of aromatic hydroxyl groups is 1. The van der Waals surface area contributed by atoms with Crippen LogP contribution in [0.3, 0.4) is 0 Å². The van der Waals surface area contributed by atoms with Crippen LogP contribution in [0.15, 0.2) is 30.9 Å². The standard InChI is InChI=1S/C21H28O2/c1-3-13-11-21(4-2)12-16(23)10-19(21)18-7-5-14-9-15(22)6-8-17(14)20(13)18/h3,6,8-9,13,16,18-20,22-23H,1,4-5,7,10-12H2,2H3/t13-,16-,18-,19-,20+,21+/m0/s1. The van der Waals surface area contributed by atoms with Crippen LogP contribution in [0.4, 0.5) is 0 Å². The fraction of sp³-hybridized carbons (Fsp3) is 0.619. The number of aliphatic hydroxyl groups excluding tert-OH is 1. The van der Waals surface area contributed by atoms with Gasteiger partial charge in [0.2, 0.25) is 0 Å². The van der Waals surface area contributed by atoms with E-state index >= 15 is 0 Å². The Balaban J connectivity index is 1.79. The van der Waals surface area contributed by atoms with E-state index in [0.717, 1.165) is 25.7 Å². The zero-order valence-corrected chi connectivity index (χ0v) is 14.0. The Morgan fingerprint density at radius 2 is 2.17 bits per heavy atom. The predicted octanol–water partition coefficient (Wildman–Crippen LogP) is 4.41. The molecule has 0 aromatic heterocycles. The number of allylic oxidation sites excluding steroid dienone is 1. The van der Waals surface area contributed by atoms with Gasteiger partial charge in [0.25, 0.3) is 0 Å². The van der Waals surface area contributed by atoms with Gasteiger partial charge in [-0.25, -0.2) is 0 Å². The van der Waals surface area contributed by atoms with E-state index in [9.17, 15) is 10.2 Å². The maximum atomic E-state index is 10.4. The van der Waals surface area contributed by atoms with E-state index in [4.69, 9.17) is 0 Å². The third kappa shape index (κ3) is 2.18. The van der Waals surface area contributed by atoms with E-state index in [-0.39, 0.29) is 6.10 Å². The quantitative estimate of drug-likeness (QED) is 0.794. The molecular formula is C21H28O2. The van der Waals surface area contributed by atoms with Gasteiger partial charge < -0.3 is 10.2 Å². The molecule has 1 aromatic carbocycles. The summed E-state index contributed by atoms with van der Waals surface area (Å²) >= 11 is 0. The van der Waals surface area contributed by atoms with Gasteiger partial charge in [-0.3, -0.25) is 0 Å². The molecule has 2 heteroatoms. The fourth-order valence-electron chi connectivity index (χ4n) is 6.35. The smallest absolute Gasteiger partial charge is 0.115 e. The number of phenolic OH excluding ortho intramolecular Hbond substituents is 1. The molecule has 6 atom stereocenters. The second-order valence-electron chi connectivity index (χ2n) is 8.13. The molecule has 124 valence electrons. The van der Waals surface area contributed by atoms with Crippen LogP contribution >= 0.6 is 0 Å². The van der Waals surface area contributed by atoms with Crippen molar-refractivity contribution in [3.63, 3.8) is 0 Å². The summed E-state index contributed by atoms with van der Waals surface area (Å²) in [5.41, 5.74) is 3.06. The first-order valence-corrected chi connectivity index (χ1v) is 9.20. The Hall–Kier alpha value is -1.28. The van der Waals surface area contributed by atoms with E-state index < -0.39 is 0 Å². The summed E-state index contributed by atoms with van der Waals surface area (Å²) in [4.78, 5) is 0. The molecule has 23 heavy (non-hydrogen) atoms. The van der Waals surface area contributed by atoms with Crippen LogP contribution in [-0.4, -0.2) is 16.3 Å². The third-order valence-electron chi connectivity index (χ3n) is 7.28. The van der Waals surface area contributed by atoms with E-state index in [1.807, 2.05) is 12.1 Å². The van der Waals surface area contributed by atoms with Crippen molar-refractivity contribution in [1.82, 2.24) is 0 Å². The molecule has 0 spiro atoms. The first-order chi connectivity index (χ1) is 11.1. The molecule has 0 radical (unpaired) electrons. The normalized spacial score (nSPS) is 41.7. The highest BCUT2D eigenvalue weighted by atomic mass is 16.3. The van der Waals surface area contributed by atoms with Crippen LogP contribution in [-0.2, 0) is 6.42 Å². The third-order valence-corrected chi connectivity index (χ3v) is 7.28. The van der Waals surface area contributed by atoms with Gasteiger partial charge in [-0.1, -0.05) is 25.5 Å². The molecule has 0 saturated heterocycles. The van der Waals surface area contributed by atoms with Crippen LogP contribution in [0.5, 0.6) is 5.75 Å². The van der Waals surface area contributed by atoms with E-state index in [1.54, 1.807) is 0 Å². The van der Waals surface area contributed by atoms with Crippen LogP contribution < -0.4 is 0 Å². The van der Waals surface area contributed by atoms with Crippen LogP contribution in [0.25, 0.3) is 0 Å². The van der Waals surface area contributed by atoms with Crippen LogP contribution in [0, 0.1) is 23.2 Å². The summed E-state index contributed by atoms with van der Waals surface area (Å²) in [6.45, 7) is 6.46. The number of phenols is 1. The van der Waals surface area contributed by atoms with Gasteiger partial charge in [-0.05, 0) is 84.5 Å². The first kappa shape index (κ1) is 15.3. The number of hydrogen-bond donors (Lipinski definition) is 2. The summed E-state index contributed by atoms with van der Waals surface area (Å²) < 4.78 is 0. The minimum Gasteiger partial charge on any atom is -0.508 e. The molecule has 2 saturated carbocycles. The van der Waals surface area contributed by atoms with Crippen LogP contribution in [0.1, 0.15) is 56.1 Å². The average molecular weight is 312 g/mol. The Kier molecular flexibility index (Phi) is 3.57. The number of aliphatic hydroxyl groups is 1. The molecule has 1 aromatic rings. The lowest BCUT2D eigenvalue weighted by Gasteiger charge is -2.53. The molecule has 2 nitrogen and oxygen atoms in total. The SMILES string of the molecule is C=C[C@H]1C[C@]2(CC)C[C@@H](O)C[C@H]2[C@@H]2CCc3cc(O)ccc3[C@H]21. The topological polar surface area (TPSA) is 40.5 Å². The number of fused-ring (bicyclic) bond motifs is 5. The minimum atomic E-state index is -0.120. The Morgan fingerprint density at radius 1 is 1.35 bits per heavy atom. The molecule has 0 bridgehead atoms. The van der Waals surface area contributed by atoms with Crippen molar-refractivity contribution in [2.75, 3.05) is 0 Å². The summed E-state index contributed by atoms with van der Waals surface area (Å²) in [5, 5.41) is 20.2. The number of benzene rings is 1. The summed E-state index contributed by atoms with van der Waals surface area (Å²) in [6, 6.07) is 5.94. The Labute approximate surface area is 139 Å². The minimum absolute atomic E-state index is 0.120. The van der Waals surface area contributed by atoms with Crippen LogP contribution in [0.2, 0.25) is 0 Å². The lowest BCUT2D eigenvalue weighted by atomic mass is 9.51. The number of rotatable bonds is 2. The van der Waals surface area contributed by atoms with Gasteiger partial charge in [-0.2, -0.15) is 0 Å². The van der Waals surface area contributed by atoms with Gasteiger partial charge in [0.15, 0.2) is 0 Å². The van der Waals surface area contributed by atoms with Crippen molar-refractivity contribution in [1.29, 1.82) is 0 Å². The molecule has 2 N–H and O–H groups in total. The van der Waals surface area contributed by atoms with Gasteiger partial charge in [0.1, 0.15) is 5.75 Å². The number of aryl methyl sites for hydroxylation is 1. The van der Waals surface area contributed by atoms with Gasteiger partial charge in [0.05, 0.1) is 6.10 Å². The Morgan fingerprint density at radius 3 is 2.91 bits per heavy atom. The van der Waals surface area contributed by atoms with Gasteiger partial charge in [-0.15, -0.1) is 6.58 Å². The molecule has 0 amide bonds.